The Morgan fingerprint density at radius 2 is 1.85 bits per heavy atom. The van der Waals surface area contributed by atoms with Crippen LogP contribution >= 0.6 is 0 Å². The van der Waals surface area contributed by atoms with Crippen LogP contribution in [0.5, 0.6) is 5.75 Å². The van der Waals surface area contributed by atoms with E-state index in [9.17, 15) is 4.79 Å². The molecule has 6 nitrogen and oxygen atoms in total. The van der Waals surface area contributed by atoms with Crippen LogP contribution in [0.25, 0.3) is 10.9 Å². The van der Waals surface area contributed by atoms with Crippen LogP contribution < -0.4 is 4.74 Å². The smallest absolute Gasteiger partial charge is 0.340 e. The molecule has 3 aromatic rings. The minimum Gasteiger partial charge on any atom is -0.494 e. The quantitative estimate of drug-likeness (QED) is 0.475. The van der Waals surface area contributed by atoms with Crippen molar-refractivity contribution in [1.29, 1.82) is 0 Å². The number of aromatic nitrogens is 1. The molecule has 0 aliphatic carbocycles. The maximum atomic E-state index is 12.6. The van der Waals surface area contributed by atoms with Gasteiger partial charge in [0.15, 0.2) is 0 Å². The van der Waals surface area contributed by atoms with Gasteiger partial charge in [0, 0.05) is 18.1 Å². The molecule has 26 heavy (non-hydrogen) atoms. The van der Waals surface area contributed by atoms with E-state index in [1.54, 1.807) is 14.0 Å². The van der Waals surface area contributed by atoms with Crippen LogP contribution in [0.4, 0.5) is 11.4 Å². The molecule has 1 heterocycles. The summed E-state index contributed by atoms with van der Waals surface area (Å²) in [6.07, 6.45) is 0. The second-order valence-electron chi connectivity index (χ2n) is 5.79. The molecule has 134 valence electrons. The number of fused-ring (bicyclic) bond motifs is 1. The fourth-order valence-corrected chi connectivity index (χ4v) is 2.94. The summed E-state index contributed by atoms with van der Waals surface area (Å²) in [6.45, 7) is 3.98. The van der Waals surface area contributed by atoms with Crippen molar-refractivity contribution >= 4 is 28.2 Å². The summed E-state index contributed by atoms with van der Waals surface area (Å²) in [5.41, 5.74) is 3.40. The van der Waals surface area contributed by atoms with E-state index in [4.69, 9.17) is 9.47 Å². The van der Waals surface area contributed by atoms with Crippen LogP contribution in [0.1, 0.15) is 23.0 Å². The summed E-state index contributed by atoms with van der Waals surface area (Å²) >= 11 is 0. The summed E-state index contributed by atoms with van der Waals surface area (Å²) in [4.78, 5) is 12.6. The van der Waals surface area contributed by atoms with Crippen molar-refractivity contribution in [3.05, 3.63) is 53.7 Å². The number of carbonyl (C=O) groups excluding carboxylic acids is 1. The monoisotopic (exact) mass is 351 g/mol. The fourth-order valence-electron chi connectivity index (χ4n) is 2.94. The predicted octanol–water partition coefficient (Wildman–Crippen LogP) is 5.09. The van der Waals surface area contributed by atoms with E-state index in [1.165, 1.54) is 0 Å². The average molecular weight is 351 g/mol. The number of esters is 1. The highest BCUT2D eigenvalue weighted by Gasteiger charge is 2.24. The minimum atomic E-state index is -0.375. The third kappa shape index (κ3) is 3.06. The lowest BCUT2D eigenvalue weighted by molar-refractivity contribution is 0.0527. The topological polar surface area (TPSA) is 65.2 Å². The number of ether oxygens (including phenoxy) is 2. The molecule has 0 N–H and O–H groups in total. The van der Waals surface area contributed by atoms with Gasteiger partial charge in [0.25, 0.3) is 0 Å². The Balaban J connectivity index is 2.27. The van der Waals surface area contributed by atoms with Crippen molar-refractivity contribution in [1.82, 2.24) is 4.57 Å². The van der Waals surface area contributed by atoms with E-state index in [0.29, 0.717) is 29.0 Å². The molecule has 0 radical (unpaired) electrons. The molecule has 2 aromatic carbocycles. The molecule has 0 amide bonds. The Hall–Kier alpha value is -3.15. The van der Waals surface area contributed by atoms with E-state index >= 15 is 0 Å². The summed E-state index contributed by atoms with van der Waals surface area (Å²) in [5, 5.41) is 9.40. The predicted molar refractivity (Wildman–Crippen MR) is 101 cm³/mol. The molecule has 0 fully saturated rings. The molecule has 0 saturated carbocycles. The Labute approximate surface area is 152 Å². The number of nitrogens with zero attached hydrogens (tertiary/aromatic N) is 3. The molecular weight excluding hydrogens is 330 g/mol. The summed E-state index contributed by atoms with van der Waals surface area (Å²) in [6, 6.07) is 13.2. The molecule has 6 heteroatoms. The average Bonchev–Trinajstić information content (AvgIpc) is 2.92. The first kappa shape index (κ1) is 17.7. The van der Waals surface area contributed by atoms with Gasteiger partial charge in [-0.3, -0.25) is 0 Å². The Bertz CT molecular complexity index is 975. The van der Waals surface area contributed by atoms with E-state index in [1.807, 2.05) is 61.0 Å². The number of benzene rings is 2. The molecular formula is C20H21N3O3. The maximum Gasteiger partial charge on any atom is 0.340 e. The van der Waals surface area contributed by atoms with E-state index in [2.05, 4.69) is 10.2 Å². The van der Waals surface area contributed by atoms with Crippen molar-refractivity contribution < 1.29 is 14.3 Å². The van der Waals surface area contributed by atoms with Crippen molar-refractivity contribution in [2.45, 2.75) is 13.8 Å². The second kappa shape index (κ2) is 7.39. The zero-order valence-corrected chi connectivity index (χ0v) is 15.3. The van der Waals surface area contributed by atoms with Gasteiger partial charge < -0.3 is 14.0 Å². The van der Waals surface area contributed by atoms with Crippen molar-refractivity contribution in [2.75, 3.05) is 13.7 Å². The molecule has 0 aliphatic rings. The second-order valence-corrected chi connectivity index (χ2v) is 5.79. The van der Waals surface area contributed by atoms with Gasteiger partial charge in [-0.2, -0.15) is 5.11 Å². The van der Waals surface area contributed by atoms with Crippen molar-refractivity contribution in [3.63, 3.8) is 0 Å². The van der Waals surface area contributed by atoms with Crippen LogP contribution in [-0.2, 0) is 11.8 Å². The first-order valence-electron chi connectivity index (χ1n) is 8.38. The number of carbonyl (C=O) groups is 1. The van der Waals surface area contributed by atoms with Gasteiger partial charge in [-0.05, 0) is 38.1 Å². The van der Waals surface area contributed by atoms with E-state index in [-0.39, 0.29) is 5.97 Å². The number of hydrogen-bond donors (Lipinski definition) is 0. The number of methoxy groups -OCH3 is 1. The lowest BCUT2D eigenvalue weighted by Crippen LogP contribution is -2.06. The molecule has 0 spiro atoms. The highest BCUT2D eigenvalue weighted by Crippen LogP contribution is 2.41. The lowest BCUT2D eigenvalue weighted by atomic mass is 10.1. The number of azo groups is 1. The third-order valence-corrected chi connectivity index (χ3v) is 4.32. The first-order valence-corrected chi connectivity index (χ1v) is 8.38. The lowest BCUT2D eigenvalue weighted by Gasteiger charge is -2.07. The van der Waals surface area contributed by atoms with Gasteiger partial charge in [-0.15, -0.1) is 5.11 Å². The highest BCUT2D eigenvalue weighted by molar-refractivity contribution is 6.11. The molecule has 0 unspecified atom stereocenters. The van der Waals surface area contributed by atoms with Crippen LogP contribution in [0.3, 0.4) is 0 Å². The SMILES string of the molecule is CCOC(=O)c1c(C)n(C)c2ccc(OC)c(N=Nc3ccccc3)c12. The van der Waals surface area contributed by atoms with E-state index in [0.717, 1.165) is 16.9 Å². The van der Waals surface area contributed by atoms with E-state index < -0.39 is 0 Å². The van der Waals surface area contributed by atoms with Crippen molar-refractivity contribution in [3.8, 4) is 5.75 Å². The molecule has 0 saturated heterocycles. The maximum absolute atomic E-state index is 12.6. The summed E-state index contributed by atoms with van der Waals surface area (Å²) in [5.74, 6) is 0.174. The molecule has 1 aromatic heterocycles. The minimum absolute atomic E-state index is 0.305. The van der Waals surface area contributed by atoms with Gasteiger partial charge in [-0.1, -0.05) is 18.2 Å². The molecule has 0 aliphatic heterocycles. The van der Waals surface area contributed by atoms with Gasteiger partial charge in [-0.25, -0.2) is 4.79 Å². The molecule has 0 atom stereocenters. The van der Waals surface area contributed by atoms with Crippen LogP contribution in [0.2, 0.25) is 0 Å². The zero-order valence-electron chi connectivity index (χ0n) is 15.3. The summed E-state index contributed by atoms with van der Waals surface area (Å²) in [7, 11) is 3.48. The van der Waals surface area contributed by atoms with Gasteiger partial charge >= 0.3 is 5.97 Å². The number of rotatable bonds is 5. The zero-order chi connectivity index (χ0) is 18.7. The van der Waals surface area contributed by atoms with Gasteiger partial charge in [0.1, 0.15) is 11.4 Å². The van der Waals surface area contributed by atoms with Crippen LogP contribution in [0.15, 0.2) is 52.7 Å². The molecule has 0 bridgehead atoms. The van der Waals surface area contributed by atoms with Gasteiger partial charge in [0.05, 0.1) is 30.5 Å². The normalized spacial score (nSPS) is 11.2. The fraction of sp³-hybridized carbons (Fsp3) is 0.250. The Morgan fingerprint density at radius 3 is 2.50 bits per heavy atom. The third-order valence-electron chi connectivity index (χ3n) is 4.32. The highest BCUT2D eigenvalue weighted by atomic mass is 16.5. The van der Waals surface area contributed by atoms with Crippen LogP contribution in [-0.4, -0.2) is 24.3 Å². The largest absolute Gasteiger partial charge is 0.494 e. The Kier molecular flexibility index (Phi) is 5.02. The van der Waals surface area contributed by atoms with Gasteiger partial charge in [0.2, 0.25) is 0 Å². The van der Waals surface area contributed by atoms with Crippen molar-refractivity contribution in [2.24, 2.45) is 17.3 Å². The Morgan fingerprint density at radius 1 is 1.12 bits per heavy atom. The summed E-state index contributed by atoms with van der Waals surface area (Å²) < 4.78 is 12.7. The number of aryl methyl sites for hydroxylation is 1. The molecule has 3 rings (SSSR count). The van der Waals surface area contributed by atoms with Crippen LogP contribution in [0, 0.1) is 6.92 Å². The first-order chi connectivity index (χ1) is 12.6. The standard InChI is InChI=1S/C20H21N3O3/c1-5-26-20(24)17-13(2)23(3)15-11-12-16(25-4)19(18(15)17)22-21-14-9-7-6-8-10-14/h6-12H,5H2,1-4H3. The number of hydrogen-bond acceptors (Lipinski definition) is 5.